The molecule has 0 spiro atoms. The van der Waals surface area contributed by atoms with Crippen LogP contribution >= 0.6 is 0 Å². The van der Waals surface area contributed by atoms with Crippen molar-refractivity contribution in [2.45, 2.75) is 32.7 Å². The Balaban J connectivity index is 1.61. The molecule has 2 aromatic rings. The van der Waals surface area contributed by atoms with Gasteiger partial charge in [0.1, 0.15) is 0 Å². The highest BCUT2D eigenvalue weighted by molar-refractivity contribution is 5.11. The molecule has 3 heterocycles. The molecule has 0 bridgehead atoms. The third-order valence-corrected chi connectivity index (χ3v) is 4.95. The Bertz CT molecular complexity index is 605. The van der Waals surface area contributed by atoms with E-state index in [0.717, 1.165) is 39.3 Å². The zero-order valence-corrected chi connectivity index (χ0v) is 14.5. The third kappa shape index (κ3) is 4.62. The average molecular weight is 325 g/mol. The normalized spacial score (nSPS) is 21.2. The predicted molar refractivity (Wildman–Crippen MR) is 95.6 cm³/mol. The van der Waals surface area contributed by atoms with Crippen molar-refractivity contribution in [2.75, 3.05) is 26.3 Å². The molecule has 0 amide bonds. The van der Waals surface area contributed by atoms with Gasteiger partial charge < -0.3 is 4.74 Å². The second-order valence-electron chi connectivity index (χ2n) is 6.81. The van der Waals surface area contributed by atoms with Crippen LogP contribution in [0.5, 0.6) is 0 Å². The second-order valence-corrected chi connectivity index (χ2v) is 6.81. The maximum absolute atomic E-state index is 5.86. The lowest BCUT2D eigenvalue weighted by Gasteiger charge is -2.29. The second kappa shape index (κ2) is 8.36. The van der Waals surface area contributed by atoms with Gasteiger partial charge in [-0.05, 0) is 62.1 Å². The predicted octanol–water partition coefficient (Wildman–Crippen LogP) is 3.34. The molecule has 2 aromatic heterocycles. The minimum atomic E-state index is 0.265. The maximum Gasteiger partial charge on any atom is 0.0535 e. The number of rotatable bonds is 8. The van der Waals surface area contributed by atoms with Gasteiger partial charge in [-0.25, -0.2) is 0 Å². The molecule has 0 aliphatic carbocycles. The van der Waals surface area contributed by atoms with E-state index in [1.165, 1.54) is 24.0 Å². The molecule has 0 saturated carbocycles. The molecule has 1 fully saturated rings. The first kappa shape index (κ1) is 17.1. The molecule has 1 saturated heterocycles. The van der Waals surface area contributed by atoms with Gasteiger partial charge in [0, 0.05) is 49.9 Å². The molecular weight excluding hydrogens is 298 g/mol. The number of hydrogen-bond donors (Lipinski definition) is 0. The van der Waals surface area contributed by atoms with Crippen molar-refractivity contribution in [3.63, 3.8) is 0 Å². The Kier molecular flexibility index (Phi) is 5.94. The number of ether oxygens (including phenoxy) is 1. The standard InChI is InChI=1S/C20H27N3O/c1-2-24-17-20(8-5-18-6-11-21-12-7-18)9-13-23(16-20)15-19-4-3-10-22-14-19/h3-4,6-7,10-12,14H,2,5,8-9,13,15-17H2,1H3/t20-/m0/s1. The fraction of sp³-hybridized carbons (Fsp3) is 0.500. The largest absolute Gasteiger partial charge is 0.381 e. The molecule has 1 aliphatic rings. The van der Waals surface area contributed by atoms with Gasteiger partial charge in [0.2, 0.25) is 0 Å². The molecule has 24 heavy (non-hydrogen) atoms. The average Bonchev–Trinajstić information content (AvgIpc) is 3.03. The lowest BCUT2D eigenvalue weighted by molar-refractivity contribution is 0.0489. The van der Waals surface area contributed by atoms with E-state index < -0.39 is 0 Å². The van der Waals surface area contributed by atoms with Gasteiger partial charge >= 0.3 is 0 Å². The summed E-state index contributed by atoms with van der Waals surface area (Å²) >= 11 is 0. The molecule has 0 radical (unpaired) electrons. The summed E-state index contributed by atoms with van der Waals surface area (Å²) in [5, 5.41) is 0. The lowest BCUT2D eigenvalue weighted by atomic mass is 9.82. The van der Waals surface area contributed by atoms with Crippen molar-refractivity contribution in [3.8, 4) is 0 Å². The molecule has 4 nitrogen and oxygen atoms in total. The first-order valence-corrected chi connectivity index (χ1v) is 8.88. The Morgan fingerprint density at radius 2 is 2.00 bits per heavy atom. The number of hydrogen-bond acceptors (Lipinski definition) is 4. The third-order valence-electron chi connectivity index (χ3n) is 4.95. The van der Waals surface area contributed by atoms with Gasteiger partial charge in [-0.15, -0.1) is 0 Å². The smallest absolute Gasteiger partial charge is 0.0535 e. The summed E-state index contributed by atoms with van der Waals surface area (Å²) in [6, 6.07) is 8.42. The van der Waals surface area contributed by atoms with Crippen molar-refractivity contribution >= 4 is 0 Å². The number of pyridine rings is 2. The summed E-state index contributed by atoms with van der Waals surface area (Å²) in [7, 11) is 0. The van der Waals surface area contributed by atoms with Crippen LogP contribution in [0.25, 0.3) is 0 Å². The van der Waals surface area contributed by atoms with Crippen LogP contribution in [0, 0.1) is 5.41 Å². The maximum atomic E-state index is 5.86. The molecule has 0 N–H and O–H groups in total. The van der Waals surface area contributed by atoms with Gasteiger partial charge in [0.05, 0.1) is 6.61 Å². The summed E-state index contributed by atoms with van der Waals surface area (Å²) in [5.41, 5.74) is 2.92. The van der Waals surface area contributed by atoms with E-state index in [0.29, 0.717) is 0 Å². The Morgan fingerprint density at radius 1 is 1.12 bits per heavy atom. The summed E-state index contributed by atoms with van der Waals surface area (Å²) in [5.74, 6) is 0. The SMILES string of the molecule is CCOC[C@@]1(CCc2ccncc2)CCN(Cc2cccnc2)C1. The fourth-order valence-electron chi connectivity index (χ4n) is 3.58. The van der Waals surface area contributed by atoms with Crippen molar-refractivity contribution < 1.29 is 4.74 Å². The summed E-state index contributed by atoms with van der Waals surface area (Å²) < 4.78 is 5.86. The zero-order valence-electron chi connectivity index (χ0n) is 14.5. The number of nitrogens with zero attached hydrogens (tertiary/aromatic N) is 3. The number of likely N-dealkylation sites (tertiary alicyclic amines) is 1. The van der Waals surface area contributed by atoms with E-state index in [1.54, 1.807) is 0 Å². The molecule has 3 rings (SSSR count). The topological polar surface area (TPSA) is 38.2 Å². The Labute approximate surface area is 144 Å². The highest BCUT2D eigenvalue weighted by Gasteiger charge is 2.37. The molecule has 0 unspecified atom stereocenters. The highest BCUT2D eigenvalue weighted by Crippen LogP contribution is 2.36. The van der Waals surface area contributed by atoms with Crippen LogP contribution in [0.1, 0.15) is 30.9 Å². The Morgan fingerprint density at radius 3 is 2.75 bits per heavy atom. The van der Waals surface area contributed by atoms with Crippen LogP contribution in [-0.2, 0) is 17.7 Å². The minimum absolute atomic E-state index is 0.265. The van der Waals surface area contributed by atoms with E-state index in [-0.39, 0.29) is 5.41 Å². The highest BCUT2D eigenvalue weighted by atomic mass is 16.5. The zero-order chi connectivity index (χ0) is 16.7. The van der Waals surface area contributed by atoms with Crippen LogP contribution in [-0.4, -0.2) is 41.2 Å². The monoisotopic (exact) mass is 325 g/mol. The van der Waals surface area contributed by atoms with Gasteiger partial charge in [-0.1, -0.05) is 6.07 Å². The number of aromatic nitrogens is 2. The summed E-state index contributed by atoms with van der Waals surface area (Å²) in [6.45, 7) is 6.96. The van der Waals surface area contributed by atoms with E-state index in [9.17, 15) is 0 Å². The minimum Gasteiger partial charge on any atom is -0.381 e. The Hall–Kier alpha value is -1.78. The summed E-state index contributed by atoms with van der Waals surface area (Å²) in [4.78, 5) is 10.9. The van der Waals surface area contributed by atoms with Crippen LogP contribution in [0.15, 0.2) is 49.1 Å². The van der Waals surface area contributed by atoms with Gasteiger partial charge in [0.15, 0.2) is 0 Å². The first-order valence-electron chi connectivity index (χ1n) is 8.88. The quantitative estimate of drug-likeness (QED) is 0.746. The first-order chi connectivity index (χ1) is 11.8. The van der Waals surface area contributed by atoms with Crippen molar-refractivity contribution in [1.29, 1.82) is 0 Å². The van der Waals surface area contributed by atoms with Crippen LogP contribution in [0.4, 0.5) is 0 Å². The van der Waals surface area contributed by atoms with E-state index in [4.69, 9.17) is 4.74 Å². The van der Waals surface area contributed by atoms with Crippen LogP contribution in [0.2, 0.25) is 0 Å². The summed E-state index contributed by atoms with van der Waals surface area (Å²) in [6.07, 6.45) is 11.0. The molecular formula is C20H27N3O. The van der Waals surface area contributed by atoms with Crippen molar-refractivity contribution in [1.82, 2.24) is 14.9 Å². The molecule has 4 heteroatoms. The van der Waals surface area contributed by atoms with E-state index >= 15 is 0 Å². The van der Waals surface area contributed by atoms with E-state index in [1.807, 2.05) is 30.9 Å². The molecule has 1 atom stereocenters. The number of aryl methyl sites for hydroxylation is 1. The van der Waals surface area contributed by atoms with Gasteiger partial charge in [-0.3, -0.25) is 14.9 Å². The van der Waals surface area contributed by atoms with E-state index in [2.05, 4.69) is 40.0 Å². The molecule has 0 aromatic carbocycles. The van der Waals surface area contributed by atoms with Gasteiger partial charge in [0.25, 0.3) is 0 Å². The van der Waals surface area contributed by atoms with Crippen molar-refractivity contribution in [2.24, 2.45) is 5.41 Å². The molecule has 1 aliphatic heterocycles. The van der Waals surface area contributed by atoms with Crippen LogP contribution in [0.3, 0.4) is 0 Å². The molecule has 128 valence electrons. The van der Waals surface area contributed by atoms with Gasteiger partial charge in [-0.2, -0.15) is 0 Å². The van der Waals surface area contributed by atoms with Crippen LogP contribution < -0.4 is 0 Å². The van der Waals surface area contributed by atoms with Crippen molar-refractivity contribution in [3.05, 3.63) is 60.2 Å². The fourth-order valence-corrected chi connectivity index (χ4v) is 3.58. The lowest BCUT2D eigenvalue weighted by Crippen LogP contribution is -2.32.